The van der Waals surface area contributed by atoms with Crippen molar-refractivity contribution in [1.82, 2.24) is 4.98 Å². The van der Waals surface area contributed by atoms with Crippen molar-refractivity contribution in [3.05, 3.63) is 23.5 Å². The van der Waals surface area contributed by atoms with Crippen LogP contribution in [0.3, 0.4) is 0 Å². The molecule has 0 bridgehead atoms. The van der Waals surface area contributed by atoms with Crippen molar-refractivity contribution in [1.29, 1.82) is 0 Å². The second-order valence-electron chi connectivity index (χ2n) is 3.97. The van der Waals surface area contributed by atoms with E-state index in [0.29, 0.717) is 18.3 Å². The van der Waals surface area contributed by atoms with Gasteiger partial charge in [0.25, 0.3) is 0 Å². The minimum Gasteiger partial charge on any atom is -0.491 e. The van der Waals surface area contributed by atoms with Crippen molar-refractivity contribution in [2.24, 2.45) is 0 Å². The molecule has 4 heteroatoms. The summed E-state index contributed by atoms with van der Waals surface area (Å²) in [5, 5.41) is 9.08. The van der Waals surface area contributed by atoms with Gasteiger partial charge >= 0.3 is 5.97 Å². The number of hydrogen-bond donors (Lipinski definition) is 1. The van der Waals surface area contributed by atoms with E-state index in [9.17, 15) is 4.79 Å². The molecule has 1 aliphatic rings. The number of carboxylic acid groups (broad SMARTS) is 1. The van der Waals surface area contributed by atoms with Crippen LogP contribution in [0.5, 0.6) is 5.75 Å². The van der Waals surface area contributed by atoms with Crippen LogP contribution in [0.15, 0.2) is 12.3 Å². The first-order valence-corrected chi connectivity index (χ1v) is 5.58. The van der Waals surface area contributed by atoms with Crippen LogP contribution >= 0.6 is 0 Å². The molecule has 0 radical (unpaired) electrons. The first-order chi connectivity index (χ1) is 7.72. The third-order valence-corrected chi connectivity index (χ3v) is 2.94. The van der Waals surface area contributed by atoms with Gasteiger partial charge in [-0.3, -0.25) is 4.98 Å². The van der Waals surface area contributed by atoms with E-state index in [0.717, 1.165) is 18.5 Å². The van der Waals surface area contributed by atoms with Crippen LogP contribution in [0.25, 0.3) is 0 Å². The maximum absolute atomic E-state index is 11.1. The number of ether oxygens (including phenoxy) is 1. The van der Waals surface area contributed by atoms with Crippen molar-refractivity contribution in [3.63, 3.8) is 0 Å². The highest BCUT2D eigenvalue weighted by atomic mass is 16.5. The predicted octanol–water partition coefficient (Wildman–Crippen LogP) is 2.45. The van der Waals surface area contributed by atoms with Crippen LogP contribution in [-0.2, 0) is 0 Å². The van der Waals surface area contributed by atoms with E-state index in [1.807, 2.05) is 6.92 Å². The summed E-state index contributed by atoms with van der Waals surface area (Å²) in [6.45, 7) is 2.27. The third-order valence-electron chi connectivity index (χ3n) is 2.94. The van der Waals surface area contributed by atoms with Gasteiger partial charge in [0.15, 0.2) is 5.75 Å². The number of hydrogen-bond acceptors (Lipinski definition) is 3. The Morgan fingerprint density at radius 1 is 1.62 bits per heavy atom. The molecule has 1 aliphatic carbocycles. The largest absolute Gasteiger partial charge is 0.491 e. The Morgan fingerprint density at radius 2 is 2.38 bits per heavy atom. The number of pyridine rings is 1. The number of aromatic nitrogens is 1. The maximum Gasteiger partial charge on any atom is 0.339 e. The lowest BCUT2D eigenvalue weighted by molar-refractivity contribution is 0.0692. The molecule has 0 saturated heterocycles. The fourth-order valence-electron chi connectivity index (χ4n) is 1.82. The molecule has 0 amide bonds. The van der Waals surface area contributed by atoms with Crippen LogP contribution in [0.1, 0.15) is 48.2 Å². The molecule has 0 unspecified atom stereocenters. The van der Waals surface area contributed by atoms with E-state index in [4.69, 9.17) is 9.84 Å². The average molecular weight is 221 g/mol. The number of carboxylic acids is 1. The lowest BCUT2D eigenvalue weighted by atomic mass is 9.82. The molecule has 1 saturated carbocycles. The van der Waals surface area contributed by atoms with Gasteiger partial charge in [-0.25, -0.2) is 4.79 Å². The Balaban J connectivity index is 2.30. The lowest BCUT2D eigenvalue weighted by Crippen LogP contribution is -2.13. The van der Waals surface area contributed by atoms with Crippen molar-refractivity contribution in [2.75, 3.05) is 6.61 Å². The topological polar surface area (TPSA) is 59.4 Å². The van der Waals surface area contributed by atoms with Gasteiger partial charge in [0, 0.05) is 11.6 Å². The Kier molecular flexibility index (Phi) is 3.08. The van der Waals surface area contributed by atoms with E-state index >= 15 is 0 Å². The molecule has 0 atom stereocenters. The molecular weight excluding hydrogens is 206 g/mol. The quantitative estimate of drug-likeness (QED) is 0.848. The zero-order chi connectivity index (χ0) is 11.5. The van der Waals surface area contributed by atoms with Gasteiger partial charge < -0.3 is 9.84 Å². The van der Waals surface area contributed by atoms with Crippen LogP contribution in [0.4, 0.5) is 0 Å². The first-order valence-electron chi connectivity index (χ1n) is 5.58. The minimum atomic E-state index is -0.952. The summed E-state index contributed by atoms with van der Waals surface area (Å²) >= 11 is 0. The Hall–Kier alpha value is -1.58. The smallest absolute Gasteiger partial charge is 0.339 e. The van der Waals surface area contributed by atoms with Crippen molar-refractivity contribution in [2.45, 2.75) is 32.1 Å². The van der Waals surface area contributed by atoms with Crippen molar-refractivity contribution < 1.29 is 14.6 Å². The fraction of sp³-hybridized carbons (Fsp3) is 0.500. The summed E-state index contributed by atoms with van der Waals surface area (Å²) in [6, 6.07) is 1.65. The second-order valence-corrected chi connectivity index (χ2v) is 3.97. The number of aromatic carboxylic acids is 1. The van der Waals surface area contributed by atoms with Gasteiger partial charge in [0.05, 0.1) is 12.8 Å². The van der Waals surface area contributed by atoms with Crippen LogP contribution in [-0.4, -0.2) is 22.7 Å². The summed E-state index contributed by atoms with van der Waals surface area (Å²) in [4.78, 5) is 15.3. The van der Waals surface area contributed by atoms with Gasteiger partial charge in [-0.1, -0.05) is 6.42 Å². The van der Waals surface area contributed by atoms with E-state index in [1.165, 1.54) is 12.6 Å². The van der Waals surface area contributed by atoms with Crippen LogP contribution in [0, 0.1) is 0 Å². The SMILES string of the molecule is CCOc1cnc(C2CCC2)cc1C(=O)O. The van der Waals surface area contributed by atoms with Gasteiger partial charge in [0.2, 0.25) is 0 Å². The fourth-order valence-corrected chi connectivity index (χ4v) is 1.82. The molecule has 16 heavy (non-hydrogen) atoms. The van der Waals surface area contributed by atoms with Crippen molar-refractivity contribution in [3.8, 4) is 5.75 Å². The van der Waals surface area contributed by atoms with Gasteiger partial charge in [-0.05, 0) is 25.8 Å². The Bertz CT molecular complexity index is 399. The zero-order valence-corrected chi connectivity index (χ0v) is 9.27. The molecule has 4 nitrogen and oxygen atoms in total. The van der Waals surface area contributed by atoms with Gasteiger partial charge in [-0.2, -0.15) is 0 Å². The third kappa shape index (κ3) is 2.01. The molecule has 1 aromatic rings. The molecule has 1 aromatic heterocycles. The summed E-state index contributed by atoms with van der Waals surface area (Å²) in [7, 11) is 0. The number of nitrogens with zero attached hydrogens (tertiary/aromatic N) is 1. The Labute approximate surface area is 94.3 Å². The highest BCUT2D eigenvalue weighted by molar-refractivity contribution is 5.90. The zero-order valence-electron chi connectivity index (χ0n) is 9.27. The molecule has 2 rings (SSSR count). The average Bonchev–Trinajstić information content (AvgIpc) is 2.17. The minimum absolute atomic E-state index is 0.221. The number of carbonyl (C=O) groups is 1. The highest BCUT2D eigenvalue weighted by Crippen LogP contribution is 2.36. The van der Waals surface area contributed by atoms with Gasteiger partial charge in [0.1, 0.15) is 5.56 Å². The number of rotatable bonds is 4. The molecule has 0 spiro atoms. The molecule has 0 aromatic carbocycles. The first kappa shape index (κ1) is 10.9. The van der Waals surface area contributed by atoms with Crippen LogP contribution in [0.2, 0.25) is 0 Å². The molecule has 1 heterocycles. The van der Waals surface area contributed by atoms with E-state index in [1.54, 1.807) is 6.07 Å². The normalized spacial score (nSPS) is 15.6. The van der Waals surface area contributed by atoms with Crippen LogP contribution < -0.4 is 4.74 Å². The summed E-state index contributed by atoms with van der Waals surface area (Å²) < 4.78 is 5.24. The van der Waals surface area contributed by atoms with Gasteiger partial charge in [-0.15, -0.1) is 0 Å². The van der Waals surface area contributed by atoms with E-state index in [-0.39, 0.29) is 5.56 Å². The summed E-state index contributed by atoms with van der Waals surface area (Å²) in [5.41, 5.74) is 1.10. The highest BCUT2D eigenvalue weighted by Gasteiger charge is 2.23. The standard InChI is InChI=1S/C12H15NO3/c1-2-16-11-7-13-10(8-4-3-5-8)6-9(11)12(14)15/h6-8H,2-5H2,1H3,(H,14,15). The molecular formula is C12H15NO3. The summed E-state index contributed by atoms with van der Waals surface area (Å²) in [6.07, 6.45) is 4.96. The van der Waals surface area contributed by atoms with E-state index < -0.39 is 5.97 Å². The van der Waals surface area contributed by atoms with E-state index in [2.05, 4.69) is 4.98 Å². The molecule has 1 N–H and O–H groups in total. The molecule has 0 aliphatic heterocycles. The second kappa shape index (κ2) is 4.51. The predicted molar refractivity (Wildman–Crippen MR) is 59.0 cm³/mol. The Morgan fingerprint density at radius 3 is 2.88 bits per heavy atom. The summed E-state index contributed by atoms with van der Waals surface area (Å²) in [5.74, 6) is -0.154. The lowest BCUT2D eigenvalue weighted by Gasteiger charge is -2.25. The van der Waals surface area contributed by atoms with Crippen molar-refractivity contribution >= 4 is 5.97 Å². The molecule has 86 valence electrons. The monoisotopic (exact) mass is 221 g/mol. The maximum atomic E-state index is 11.1. The molecule has 1 fully saturated rings.